The fourth-order valence-corrected chi connectivity index (χ4v) is 2.65. The first-order valence-corrected chi connectivity index (χ1v) is 8.97. The second-order valence-corrected chi connectivity index (χ2v) is 5.95. The van der Waals surface area contributed by atoms with E-state index in [1.165, 1.54) is 0 Å². The maximum atomic E-state index is 5.68. The van der Waals surface area contributed by atoms with Crippen LogP contribution in [0.4, 0.5) is 5.95 Å². The highest BCUT2D eigenvalue weighted by Crippen LogP contribution is 2.23. The van der Waals surface area contributed by atoms with Gasteiger partial charge in [-0.3, -0.25) is 0 Å². The molecule has 138 valence electrons. The second-order valence-electron chi connectivity index (χ2n) is 5.95. The summed E-state index contributed by atoms with van der Waals surface area (Å²) >= 11 is 0. The summed E-state index contributed by atoms with van der Waals surface area (Å²) in [7, 11) is 1.66. The standard InChI is InChI=1S/C19H25N5O2/c1-4-6-11-24-13-21-16-17(24)22-19(23-18(16)26-5-2)20-12-14-7-9-15(25-3)10-8-14/h7-10,13H,4-6,11-12H2,1-3H3,(H,20,22,23). The van der Waals surface area contributed by atoms with Gasteiger partial charge in [-0.1, -0.05) is 25.5 Å². The Morgan fingerprint density at radius 3 is 2.62 bits per heavy atom. The number of nitrogens with zero attached hydrogens (tertiary/aromatic N) is 4. The molecule has 0 aliphatic heterocycles. The number of fused-ring (bicyclic) bond motifs is 1. The minimum atomic E-state index is 0.518. The maximum Gasteiger partial charge on any atom is 0.247 e. The summed E-state index contributed by atoms with van der Waals surface area (Å²) in [5.41, 5.74) is 2.62. The molecule has 0 radical (unpaired) electrons. The Hall–Kier alpha value is -2.83. The molecule has 2 heterocycles. The minimum absolute atomic E-state index is 0.518. The van der Waals surface area contributed by atoms with Gasteiger partial charge in [-0.15, -0.1) is 0 Å². The largest absolute Gasteiger partial charge is 0.497 e. The molecule has 0 aliphatic carbocycles. The van der Waals surface area contributed by atoms with Crippen molar-refractivity contribution in [3.63, 3.8) is 0 Å². The number of imidazole rings is 1. The normalized spacial score (nSPS) is 10.9. The van der Waals surface area contributed by atoms with Gasteiger partial charge in [0.05, 0.1) is 20.0 Å². The fraction of sp³-hybridized carbons (Fsp3) is 0.421. The van der Waals surface area contributed by atoms with Crippen molar-refractivity contribution in [1.82, 2.24) is 19.5 Å². The SMILES string of the molecule is CCCCn1cnc2c(OCC)nc(NCc3ccc(OC)cc3)nc21. The van der Waals surface area contributed by atoms with Crippen molar-refractivity contribution < 1.29 is 9.47 Å². The van der Waals surface area contributed by atoms with E-state index in [0.29, 0.717) is 30.5 Å². The number of methoxy groups -OCH3 is 1. The lowest BCUT2D eigenvalue weighted by atomic mass is 10.2. The molecule has 7 nitrogen and oxygen atoms in total. The van der Waals surface area contributed by atoms with Gasteiger partial charge >= 0.3 is 0 Å². The van der Waals surface area contributed by atoms with Crippen LogP contribution in [0.2, 0.25) is 0 Å². The molecule has 3 aromatic rings. The van der Waals surface area contributed by atoms with E-state index in [1.54, 1.807) is 7.11 Å². The number of unbranched alkanes of at least 4 members (excludes halogenated alkanes) is 1. The Labute approximate surface area is 153 Å². The third kappa shape index (κ3) is 4.04. The molecule has 2 aromatic heterocycles. The van der Waals surface area contributed by atoms with Gasteiger partial charge in [0, 0.05) is 13.1 Å². The number of aryl methyl sites for hydroxylation is 1. The van der Waals surface area contributed by atoms with Gasteiger partial charge in [-0.05, 0) is 31.0 Å². The molecule has 7 heteroatoms. The van der Waals surface area contributed by atoms with Crippen molar-refractivity contribution in [2.45, 2.75) is 39.8 Å². The van der Waals surface area contributed by atoms with Crippen LogP contribution in [-0.2, 0) is 13.1 Å². The minimum Gasteiger partial charge on any atom is -0.497 e. The summed E-state index contributed by atoms with van der Waals surface area (Å²) in [6, 6.07) is 7.90. The zero-order valence-electron chi connectivity index (χ0n) is 15.5. The van der Waals surface area contributed by atoms with E-state index in [9.17, 15) is 0 Å². The summed E-state index contributed by atoms with van der Waals surface area (Å²) in [6.07, 6.45) is 4.00. The molecule has 0 amide bonds. The molecule has 1 aromatic carbocycles. The highest BCUT2D eigenvalue weighted by atomic mass is 16.5. The van der Waals surface area contributed by atoms with Gasteiger partial charge in [0.1, 0.15) is 5.75 Å². The van der Waals surface area contributed by atoms with Gasteiger partial charge in [-0.2, -0.15) is 9.97 Å². The smallest absolute Gasteiger partial charge is 0.247 e. The lowest BCUT2D eigenvalue weighted by Crippen LogP contribution is -2.07. The van der Waals surface area contributed by atoms with Gasteiger partial charge in [0.25, 0.3) is 0 Å². The number of hydrogen-bond acceptors (Lipinski definition) is 6. The monoisotopic (exact) mass is 355 g/mol. The second kappa shape index (κ2) is 8.51. The van der Waals surface area contributed by atoms with Crippen molar-refractivity contribution in [2.75, 3.05) is 19.0 Å². The molecule has 0 atom stereocenters. The van der Waals surface area contributed by atoms with Crippen LogP contribution in [0.1, 0.15) is 32.3 Å². The molecule has 0 unspecified atom stereocenters. The van der Waals surface area contributed by atoms with Gasteiger partial charge in [0.2, 0.25) is 11.8 Å². The van der Waals surface area contributed by atoms with Crippen LogP contribution in [0, 0.1) is 0 Å². The zero-order valence-corrected chi connectivity index (χ0v) is 15.5. The molecule has 0 saturated carbocycles. The van der Waals surface area contributed by atoms with Crippen molar-refractivity contribution in [3.05, 3.63) is 36.2 Å². The van der Waals surface area contributed by atoms with E-state index in [-0.39, 0.29) is 0 Å². The Morgan fingerprint density at radius 1 is 1.12 bits per heavy atom. The molecule has 1 N–H and O–H groups in total. The lowest BCUT2D eigenvalue weighted by molar-refractivity contribution is 0.330. The third-order valence-corrected chi connectivity index (χ3v) is 4.08. The summed E-state index contributed by atoms with van der Waals surface area (Å²) in [4.78, 5) is 13.6. The van der Waals surface area contributed by atoms with E-state index in [0.717, 1.165) is 36.3 Å². The first-order valence-electron chi connectivity index (χ1n) is 8.97. The molecule has 0 spiro atoms. The zero-order chi connectivity index (χ0) is 18.4. The van der Waals surface area contributed by atoms with Crippen LogP contribution in [0.3, 0.4) is 0 Å². The van der Waals surface area contributed by atoms with E-state index < -0.39 is 0 Å². The van der Waals surface area contributed by atoms with Gasteiger partial charge < -0.3 is 19.4 Å². The van der Waals surface area contributed by atoms with Crippen molar-refractivity contribution in [2.24, 2.45) is 0 Å². The molecule has 0 bridgehead atoms. The quantitative estimate of drug-likeness (QED) is 0.632. The number of nitrogens with one attached hydrogen (secondary N) is 1. The number of anilines is 1. The molecule has 26 heavy (non-hydrogen) atoms. The van der Waals surface area contributed by atoms with Crippen LogP contribution in [-0.4, -0.2) is 33.2 Å². The molecular formula is C19H25N5O2. The van der Waals surface area contributed by atoms with Gasteiger partial charge in [0.15, 0.2) is 11.2 Å². The third-order valence-electron chi connectivity index (χ3n) is 4.08. The van der Waals surface area contributed by atoms with Crippen LogP contribution in [0.5, 0.6) is 11.6 Å². The Kier molecular flexibility index (Phi) is 5.88. The average Bonchev–Trinajstić information content (AvgIpc) is 3.08. The predicted molar refractivity (Wildman–Crippen MR) is 102 cm³/mol. The lowest BCUT2D eigenvalue weighted by Gasteiger charge is -2.10. The topological polar surface area (TPSA) is 74.1 Å². The van der Waals surface area contributed by atoms with Crippen molar-refractivity contribution >= 4 is 17.1 Å². The maximum absolute atomic E-state index is 5.68. The highest BCUT2D eigenvalue weighted by molar-refractivity contribution is 5.77. The number of benzene rings is 1. The molecule has 0 aliphatic rings. The Morgan fingerprint density at radius 2 is 1.92 bits per heavy atom. The van der Waals surface area contributed by atoms with E-state index in [4.69, 9.17) is 9.47 Å². The first-order chi connectivity index (χ1) is 12.7. The number of hydrogen-bond donors (Lipinski definition) is 1. The number of ether oxygens (including phenoxy) is 2. The Bertz CT molecular complexity index is 845. The molecule has 3 rings (SSSR count). The van der Waals surface area contributed by atoms with E-state index in [1.807, 2.05) is 37.5 Å². The summed E-state index contributed by atoms with van der Waals surface area (Å²) in [5, 5.41) is 3.28. The fourth-order valence-electron chi connectivity index (χ4n) is 2.65. The number of aromatic nitrogens is 4. The first kappa shape index (κ1) is 18.0. The highest BCUT2D eigenvalue weighted by Gasteiger charge is 2.14. The van der Waals surface area contributed by atoms with Crippen LogP contribution < -0.4 is 14.8 Å². The Balaban J connectivity index is 1.83. The van der Waals surface area contributed by atoms with Gasteiger partial charge in [-0.25, -0.2) is 4.98 Å². The predicted octanol–water partition coefficient (Wildman–Crippen LogP) is 3.65. The van der Waals surface area contributed by atoms with Crippen LogP contribution in [0.15, 0.2) is 30.6 Å². The molecule has 0 fully saturated rings. The molecular weight excluding hydrogens is 330 g/mol. The van der Waals surface area contributed by atoms with Crippen molar-refractivity contribution in [3.8, 4) is 11.6 Å². The van der Waals surface area contributed by atoms with Crippen LogP contribution >= 0.6 is 0 Å². The number of rotatable bonds is 9. The van der Waals surface area contributed by atoms with Crippen molar-refractivity contribution in [1.29, 1.82) is 0 Å². The van der Waals surface area contributed by atoms with E-state index >= 15 is 0 Å². The molecule has 0 saturated heterocycles. The summed E-state index contributed by atoms with van der Waals surface area (Å²) in [5.74, 6) is 1.89. The average molecular weight is 355 g/mol. The van der Waals surface area contributed by atoms with E-state index in [2.05, 4.69) is 31.8 Å². The summed E-state index contributed by atoms with van der Waals surface area (Å²) in [6.45, 7) is 6.14. The summed E-state index contributed by atoms with van der Waals surface area (Å²) < 4.78 is 12.9. The van der Waals surface area contributed by atoms with Crippen LogP contribution in [0.25, 0.3) is 11.2 Å².